The summed E-state index contributed by atoms with van der Waals surface area (Å²) in [6.07, 6.45) is 2.43. The van der Waals surface area contributed by atoms with Crippen molar-refractivity contribution in [2.75, 3.05) is 18.4 Å². The quantitative estimate of drug-likeness (QED) is 0.131. The van der Waals surface area contributed by atoms with Gasteiger partial charge in [-0.2, -0.15) is 0 Å². The minimum Gasteiger partial charge on any atom is -0.744 e. The molecule has 1 aliphatic heterocycles. The van der Waals surface area contributed by atoms with Crippen molar-refractivity contribution in [3.05, 3.63) is 70.9 Å². The van der Waals surface area contributed by atoms with Crippen molar-refractivity contribution in [2.24, 2.45) is 0 Å². The summed E-state index contributed by atoms with van der Waals surface area (Å²) in [6.45, 7) is 7.17. The SMILES string of the molecule is CC[N+](CCCCCC(=O)O)=c1ccc2cc3c(oc-2c1)C(S(=O)(=O)[O-])=C(Nc1ccc(S(=O)(=O)[O-])cc1)CC3(C)C.[Na+]. The Morgan fingerprint density at radius 3 is 2.26 bits per heavy atom. The van der Waals surface area contributed by atoms with E-state index in [1.165, 1.54) is 12.1 Å². The van der Waals surface area contributed by atoms with Gasteiger partial charge in [-0.05, 0) is 68.0 Å². The summed E-state index contributed by atoms with van der Waals surface area (Å²) in [5.41, 5.74) is 1.03. The molecule has 2 aliphatic carbocycles. The Bertz CT molecular complexity index is 1790. The van der Waals surface area contributed by atoms with Crippen molar-refractivity contribution in [1.29, 1.82) is 0 Å². The van der Waals surface area contributed by atoms with Crippen molar-refractivity contribution in [3.63, 3.8) is 0 Å². The van der Waals surface area contributed by atoms with Gasteiger partial charge < -0.3 is 23.9 Å². The van der Waals surface area contributed by atoms with Gasteiger partial charge in [-0.25, -0.2) is 21.4 Å². The van der Waals surface area contributed by atoms with Crippen molar-refractivity contribution in [2.45, 2.75) is 63.2 Å². The van der Waals surface area contributed by atoms with E-state index in [1.54, 1.807) is 6.07 Å². The van der Waals surface area contributed by atoms with Crippen molar-refractivity contribution >= 4 is 36.8 Å². The van der Waals surface area contributed by atoms with Crippen LogP contribution in [0.4, 0.5) is 5.69 Å². The molecule has 3 aliphatic rings. The Morgan fingerprint density at radius 2 is 1.67 bits per heavy atom. The van der Waals surface area contributed by atoms with Crippen molar-refractivity contribution in [1.82, 2.24) is 4.58 Å². The number of unbranched alkanes of at least 4 members (excludes halogenated alkanes) is 2. The Balaban J connectivity index is 0.00000506. The molecular weight excluding hydrogens is 607 g/mol. The van der Waals surface area contributed by atoms with Crippen LogP contribution in [-0.2, 0) is 30.4 Å². The smallest absolute Gasteiger partial charge is 0.744 e. The molecule has 1 aromatic carbocycles. The zero-order chi connectivity index (χ0) is 30.9. The van der Waals surface area contributed by atoms with E-state index < -0.39 is 41.4 Å². The Kier molecular flexibility index (Phi) is 11.1. The summed E-state index contributed by atoms with van der Waals surface area (Å²) in [5.74, 6) is -0.493. The third-order valence-electron chi connectivity index (χ3n) is 7.34. The number of carboxylic acids is 1. The minimum atomic E-state index is -5.04. The van der Waals surface area contributed by atoms with E-state index >= 15 is 0 Å². The second-order valence-electron chi connectivity index (χ2n) is 10.9. The summed E-state index contributed by atoms with van der Waals surface area (Å²) < 4.78 is 80.1. The van der Waals surface area contributed by atoms with Gasteiger partial charge in [-0.15, -0.1) is 0 Å². The average Bonchev–Trinajstić information content (AvgIpc) is 2.88. The van der Waals surface area contributed by atoms with Crippen LogP contribution in [-0.4, -0.2) is 50.1 Å². The van der Waals surface area contributed by atoms with Gasteiger partial charge >= 0.3 is 35.5 Å². The summed E-state index contributed by atoms with van der Waals surface area (Å²) >= 11 is 0. The fraction of sp³-hybridized carbons (Fsp3) is 0.379. The number of carbonyl (C=O) groups is 1. The molecule has 2 N–H and O–H groups in total. The van der Waals surface area contributed by atoms with Crippen LogP contribution >= 0.6 is 0 Å². The number of nitrogens with zero attached hydrogens (tertiary/aromatic N) is 1. The normalized spacial score (nSPS) is 15.5. The maximum atomic E-state index is 12.6. The molecular formula is C29H33N2NaO9S2. The molecule has 0 fully saturated rings. The molecule has 226 valence electrons. The standard InChI is InChI=1S/C29H34N2O9S2.Na/c1-4-31(15-7-5-6-8-26(32)33)21-12-9-19-16-23-27(40-25(19)17-21)28(42(37,38)39)24(18-29(23,2)3)30-20-10-13-22(14-11-20)41(34,35)36;/h9-14,16-17H,4-8,15,18H2,1-3H3,(H3,32,33,34,35,36,37,38,39);/q;+1/p-1. The van der Waals surface area contributed by atoms with E-state index in [4.69, 9.17) is 9.52 Å². The number of carboxylic acid groups (broad SMARTS) is 1. The van der Waals surface area contributed by atoms with Crippen LogP contribution in [0.25, 0.3) is 16.2 Å². The summed E-state index contributed by atoms with van der Waals surface area (Å²) in [5, 5.41) is 12.6. The second kappa shape index (κ2) is 13.6. The van der Waals surface area contributed by atoms with Gasteiger partial charge in [0.1, 0.15) is 44.0 Å². The molecule has 0 atom stereocenters. The second-order valence-corrected chi connectivity index (χ2v) is 13.6. The molecule has 1 heterocycles. The van der Waals surface area contributed by atoms with Gasteiger partial charge in [-0.3, -0.25) is 4.79 Å². The predicted molar refractivity (Wildman–Crippen MR) is 154 cm³/mol. The van der Waals surface area contributed by atoms with E-state index in [0.29, 0.717) is 36.5 Å². The number of hydrogen-bond donors (Lipinski definition) is 2. The van der Waals surface area contributed by atoms with Crippen LogP contribution in [0.2, 0.25) is 0 Å². The zero-order valence-electron chi connectivity index (χ0n) is 24.5. The van der Waals surface area contributed by atoms with Gasteiger partial charge in [0.15, 0.2) is 5.76 Å². The van der Waals surface area contributed by atoms with E-state index in [-0.39, 0.29) is 53.9 Å². The Labute approximate surface area is 273 Å². The molecule has 4 rings (SSSR count). The third kappa shape index (κ3) is 8.35. The van der Waals surface area contributed by atoms with E-state index in [0.717, 1.165) is 35.9 Å². The van der Waals surface area contributed by atoms with E-state index in [2.05, 4.69) is 9.89 Å². The predicted octanol–water partition coefficient (Wildman–Crippen LogP) is 0.737. The molecule has 0 saturated heterocycles. The molecule has 43 heavy (non-hydrogen) atoms. The van der Waals surface area contributed by atoms with E-state index in [1.807, 2.05) is 39.0 Å². The van der Waals surface area contributed by atoms with Crippen LogP contribution in [0.15, 0.2) is 63.5 Å². The molecule has 0 bridgehead atoms. The first-order chi connectivity index (χ1) is 19.6. The molecule has 0 spiro atoms. The molecule has 0 unspecified atom stereocenters. The van der Waals surface area contributed by atoms with Crippen LogP contribution < -0.4 is 44.8 Å². The number of fused-ring (bicyclic) bond motifs is 2. The average molecular weight is 641 g/mol. The molecule has 14 heteroatoms. The molecule has 11 nitrogen and oxygen atoms in total. The van der Waals surface area contributed by atoms with Crippen molar-refractivity contribution in [3.8, 4) is 11.3 Å². The summed E-state index contributed by atoms with van der Waals surface area (Å²) in [7, 11) is -9.70. The van der Waals surface area contributed by atoms with Crippen LogP contribution in [0, 0.1) is 0 Å². The zero-order valence-corrected chi connectivity index (χ0v) is 28.2. The molecule has 0 saturated carbocycles. The molecule has 0 amide bonds. The number of allylic oxidation sites excluding steroid dienone is 1. The molecule has 0 aromatic heterocycles. The maximum absolute atomic E-state index is 12.6. The Hall–Kier alpha value is -2.52. The minimum absolute atomic E-state index is 0. The summed E-state index contributed by atoms with van der Waals surface area (Å²) in [4.78, 5) is 9.80. The van der Waals surface area contributed by atoms with Crippen molar-refractivity contribution < 1.29 is 69.8 Å². The number of aliphatic carboxylic acids is 1. The first-order valence-electron chi connectivity index (χ1n) is 13.5. The van der Waals surface area contributed by atoms with Gasteiger partial charge in [-0.1, -0.05) is 13.8 Å². The maximum Gasteiger partial charge on any atom is 1.00 e. The number of hydrogen-bond acceptors (Lipinski definition) is 9. The monoisotopic (exact) mass is 640 g/mol. The number of nitrogens with one attached hydrogen (secondary N) is 1. The third-order valence-corrected chi connectivity index (χ3v) is 9.12. The largest absolute Gasteiger partial charge is 1.00 e. The van der Waals surface area contributed by atoms with Gasteiger partial charge in [0, 0.05) is 41.4 Å². The first kappa shape index (κ1) is 35.0. The fourth-order valence-electron chi connectivity index (χ4n) is 5.21. The number of benzene rings is 2. The van der Waals surface area contributed by atoms with Gasteiger partial charge in [0.25, 0.3) is 0 Å². The van der Waals surface area contributed by atoms with Crippen LogP contribution in [0.1, 0.15) is 64.2 Å². The topological polar surface area (TPSA) is 180 Å². The fourth-order valence-corrected chi connectivity index (χ4v) is 6.48. The first-order valence-corrected chi connectivity index (χ1v) is 16.3. The number of anilines is 1. The van der Waals surface area contributed by atoms with Gasteiger partial charge in [0.2, 0.25) is 5.36 Å². The molecule has 0 radical (unpaired) electrons. The summed E-state index contributed by atoms with van der Waals surface area (Å²) in [6, 6.07) is 12.3. The van der Waals surface area contributed by atoms with E-state index in [9.17, 15) is 30.7 Å². The Morgan fingerprint density at radius 1 is 1.00 bits per heavy atom. The molecule has 1 aromatic rings. The number of rotatable bonds is 11. The van der Waals surface area contributed by atoms with Gasteiger partial charge in [0.05, 0.1) is 11.0 Å². The van der Waals surface area contributed by atoms with Crippen LogP contribution in [0.5, 0.6) is 0 Å². The van der Waals surface area contributed by atoms with Crippen LogP contribution in [0.3, 0.4) is 0 Å².